The molecule has 3 nitrogen and oxygen atoms in total. The first-order valence-corrected chi connectivity index (χ1v) is 6.52. The normalized spacial score (nSPS) is 23.4. The van der Waals surface area contributed by atoms with Crippen LogP contribution in [-0.4, -0.2) is 19.5 Å². The second-order valence-electron chi connectivity index (χ2n) is 5.03. The lowest BCUT2D eigenvalue weighted by atomic mass is 9.89. The number of rotatable bonds is 4. The molecule has 0 aliphatic heterocycles. The number of hydrogen-bond donors (Lipinski definition) is 0. The standard InChI is InChI=1S/C15H20O3/c1-11-3-6-13(7-4-11)18-15-9-12(10-16)5-8-14(15)17-2/h5,8-11,13H,3-4,6-7H2,1-2H3. The molecular formula is C15H20O3. The number of carbonyl (C=O) groups is 1. The molecule has 1 aromatic rings. The Morgan fingerprint density at radius 1 is 1.17 bits per heavy atom. The van der Waals surface area contributed by atoms with Crippen molar-refractivity contribution >= 4 is 6.29 Å². The van der Waals surface area contributed by atoms with Crippen LogP contribution >= 0.6 is 0 Å². The molecule has 18 heavy (non-hydrogen) atoms. The highest BCUT2D eigenvalue weighted by atomic mass is 16.5. The summed E-state index contributed by atoms with van der Waals surface area (Å²) in [6, 6.07) is 5.27. The summed E-state index contributed by atoms with van der Waals surface area (Å²) in [5.74, 6) is 2.17. The molecule has 0 bridgehead atoms. The minimum absolute atomic E-state index is 0.247. The summed E-state index contributed by atoms with van der Waals surface area (Å²) in [5, 5.41) is 0. The van der Waals surface area contributed by atoms with Gasteiger partial charge in [0, 0.05) is 5.56 Å². The van der Waals surface area contributed by atoms with E-state index in [4.69, 9.17) is 9.47 Å². The summed E-state index contributed by atoms with van der Waals surface area (Å²) in [4.78, 5) is 10.8. The first kappa shape index (κ1) is 12.9. The second kappa shape index (κ2) is 5.89. The lowest BCUT2D eigenvalue weighted by Crippen LogP contribution is -2.23. The molecule has 0 spiro atoms. The first-order chi connectivity index (χ1) is 8.72. The van der Waals surface area contributed by atoms with E-state index in [1.54, 1.807) is 25.3 Å². The average molecular weight is 248 g/mol. The maximum atomic E-state index is 10.8. The summed E-state index contributed by atoms with van der Waals surface area (Å²) in [6.45, 7) is 2.28. The Balaban J connectivity index is 2.09. The molecule has 0 aromatic heterocycles. The zero-order valence-electron chi connectivity index (χ0n) is 11.0. The summed E-state index contributed by atoms with van der Waals surface area (Å²) < 4.78 is 11.3. The Morgan fingerprint density at radius 3 is 2.50 bits per heavy atom. The first-order valence-electron chi connectivity index (χ1n) is 6.52. The van der Waals surface area contributed by atoms with Gasteiger partial charge in [0.15, 0.2) is 11.5 Å². The third kappa shape index (κ3) is 3.03. The van der Waals surface area contributed by atoms with Gasteiger partial charge in [0.2, 0.25) is 0 Å². The molecule has 0 saturated heterocycles. The fourth-order valence-corrected chi connectivity index (χ4v) is 2.39. The number of hydrogen-bond acceptors (Lipinski definition) is 3. The summed E-state index contributed by atoms with van der Waals surface area (Å²) >= 11 is 0. The Morgan fingerprint density at radius 2 is 1.89 bits per heavy atom. The highest BCUT2D eigenvalue weighted by molar-refractivity contribution is 5.76. The van der Waals surface area contributed by atoms with Crippen molar-refractivity contribution < 1.29 is 14.3 Å². The van der Waals surface area contributed by atoms with Gasteiger partial charge >= 0.3 is 0 Å². The number of aldehydes is 1. The van der Waals surface area contributed by atoms with E-state index in [0.29, 0.717) is 17.1 Å². The molecule has 0 atom stereocenters. The minimum Gasteiger partial charge on any atom is -0.493 e. The van der Waals surface area contributed by atoms with Crippen molar-refractivity contribution in [3.8, 4) is 11.5 Å². The molecule has 1 aliphatic rings. The second-order valence-corrected chi connectivity index (χ2v) is 5.03. The third-order valence-electron chi connectivity index (χ3n) is 3.58. The topological polar surface area (TPSA) is 35.5 Å². The van der Waals surface area contributed by atoms with Gasteiger partial charge in [0.05, 0.1) is 13.2 Å². The lowest BCUT2D eigenvalue weighted by molar-refractivity contribution is 0.111. The van der Waals surface area contributed by atoms with Gasteiger partial charge in [0.1, 0.15) is 6.29 Å². The van der Waals surface area contributed by atoms with Gasteiger partial charge in [-0.2, -0.15) is 0 Å². The maximum Gasteiger partial charge on any atom is 0.162 e. The van der Waals surface area contributed by atoms with Crippen molar-refractivity contribution in [2.75, 3.05) is 7.11 Å². The molecule has 0 heterocycles. The average Bonchev–Trinajstić information content (AvgIpc) is 2.41. The van der Waals surface area contributed by atoms with E-state index < -0.39 is 0 Å². The molecule has 0 amide bonds. The van der Waals surface area contributed by atoms with E-state index in [9.17, 15) is 4.79 Å². The van der Waals surface area contributed by atoms with Crippen LogP contribution in [0.3, 0.4) is 0 Å². The van der Waals surface area contributed by atoms with Crippen LogP contribution in [0, 0.1) is 5.92 Å². The van der Waals surface area contributed by atoms with E-state index in [2.05, 4.69) is 6.92 Å². The van der Waals surface area contributed by atoms with E-state index >= 15 is 0 Å². The molecule has 0 radical (unpaired) electrons. The predicted octanol–water partition coefficient (Wildman–Crippen LogP) is 3.47. The van der Waals surface area contributed by atoms with Crippen LogP contribution < -0.4 is 9.47 Å². The van der Waals surface area contributed by atoms with Crippen molar-refractivity contribution in [2.24, 2.45) is 5.92 Å². The largest absolute Gasteiger partial charge is 0.493 e. The van der Waals surface area contributed by atoms with Gasteiger partial charge in [0.25, 0.3) is 0 Å². The highest BCUT2D eigenvalue weighted by Crippen LogP contribution is 2.32. The van der Waals surface area contributed by atoms with Crippen molar-refractivity contribution in [3.05, 3.63) is 23.8 Å². The molecule has 3 heteroatoms. The number of ether oxygens (including phenoxy) is 2. The Labute approximate surface area is 108 Å². The fourth-order valence-electron chi connectivity index (χ4n) is 2.39. The van der Waals surface area contributed by atoms with Crippen molar-refractivity contribution in [3.63, 3.8) is 0 Å². The van der Waals surface area contributed by atoms with E-state index in [-0.39, 0.29) is 6.10 Å². The monoisotopic (exact) mass is 248 g/mol. The SMILES string of the molecule is COc1ccc(C=O)cc1OC1CCC(C)CC1. The molecule has 1 aliphatic carbocycles. The van der Waals surface area contributed by atoms with Gasteiger partial charge in [-0.05, 0) is 49.8 Å². The predicted molar refractivity (Wildman–Crippen MR) is 70.4 cm³/mol. The summed E-state index contributed by atoms with van der Waals surface area (Å²) in [5.41, 5.74) is 0.620. The van der Waals surface area contributed by atoms with Gasteiger partial charge in [-0.15, -0.1) is 0 Å². The molecule has 1 saturated carbocycles. The lowest BCUT2D eigenvalue weighted by Gasteiger charge is -2.27. The molecule has 0 unspecified atom stereocenters. The van der Waals surface area contributed by atoms with E-state index in [1.807, 2.05) is 0 Å². The van der Waals surface area contributed by atoms with Crippen LogP contribution in [0.2, 0.25) is 0 Å². The molecule has 1 fully saturated rings. The minimum atomic E-state index is 0.247. The van der Waals surface area contributed by atoms with Crippen molar-refractivity contribution in [1.82, 2.24) is 0 Å². The van der Waals surface area contributed by atoms with Crippen LogP contribution in [0.15, 0.2) is 18.2 Å². The molecule has 0 N–H and O–H groups in total. The zero-order valence-corrected chi connectivity index (χ0v) is 11.0. The van der Waals surface area contributed by atoms with Gasteiger partial charge < -0.3 is 9.47 Å². The Hall–Kier alpha value is -1.51. The number of carbonyl (C=O) groups excluding carboxylic acids is 1. The summed E-state index contributed by atoms with van der Waals surface area (Å²) in [6.07, 6.45) is 5.65. The third-order valence-corrected chi connectivity index (χ3v) is 3.58. The van der Waals surface area contributed by atoms with E-state index in [1.165, 1.54) is 12.8 Å². The van der Waals surface area contributed by atoms with Crippen molar-refractivity contribution in [1.29, 1.82) is 0 Å². The summed E-state index contributed by atoms with van der Waals surface area (Å²) in [7, 11) is 1.62. The molecule has 2 rings (SSSR count). The Kier molecular flexibility index (Phi) is 4.24. The quantitative estimate of drug-likeness (QED) is 0.765. The van der Waals surface area contributed by atoms with Crippen molar-refractivity contribution in [2.45, 2.75) is 38.7 Å². The number of benzene rings is 1. The molecule has 98 valence electrons. The Bertz CT molecular complexity index is 406. The van der Waals surface area contributed by atoms with Crippen LogP contribution in [0.4, 0.5) is 0 Å². The maximum absolute atomic E-state index is 10.8. The highest BCUT2D eigenvalue weighted by Gasteiger charge is 2.20. The molecule has 1 aromatic carbocycles. The van der Waals surface area contributed by atoms with E-state index in [0.717, 1.165) is 25.0 Å². The van der Waals surface area contributed by atoms with Gasteiger partial charge in [-0.3, -0.25) is 4.79 Å². The van der Waals surface area contributed by atoms with Gasteiger partial charge in [-0.1, -0.05) is 6.92 Å². The fraction of sp³-hybridized carbons (Fsp3) is 0.533. The van der Waals surface area contributed by atoms with Gasteiger partial charge in [-0.25, -0.2) is 0 Å². The van der Waals surface area contributed by atoms with Crippen LogP contribution in [-0.2, 0) is 0 Å². The number of methoxy groups -OCH3 is 1. The molecular weight excluding hydrogens is 228 g/mol. The smallest absolute Gasteiger partial charge is 0.162 e. The van der Waals surface area contributed by atoms with Crippen LogP contribution in [0.5, 0.6) is 11.5 Å². The van der Waals surface area contributed by atoms with Crippen LogP contribution in [0.25, 0.3) is 0 Å². The van der Waals surface area contributed by atoms with Crippen LogP contribution in [0.1, 0.15) is 43.0 Å². The zero-order chi connectivity index (χ0) is 13.0.